The number of nitrogens with zero attached hydrogens (tertiary/aromatic N) is 3. The molecule has 0 aliphatic rings. The van der Waals surface area contributed by atoms with Crippen molar-refractivity contribution < 1.29 is 0 Å². The van der Waals surface area contributed by atoms with E-state index in [0.717, 1.165) is 22.2 Å². The zero-order valence-electron chi connectivity index (χ0n) is 10.0. The largest absolute Gasteiger partial charge is 0.277 e. The number of rotatable bonds is 2. The molecule has 3 rings (SSSR count). The number of aromatic nitrogens is 3. The summed E-state index contributed by atoms with van der Waals surface area (Å²) in [4.78, 5) is 4.05. The molecule has 1 aromatic carbocycles. The molecular formula is C15H10N4. The second-order valence-corrected chi connectivity index (χ2v) is 4.10. The Bertz CT molecular complexity index is 779. The van der Waals surface area contributed by atoms with Crippen molar-refractivity contribution in [3.05, 3.63) is 59.5 Å². The number of benzene rings is 1. The van der Waals surface area contributed by atoms with Crippen LogP contribution in [0.4, 0.5) is 0 Å². The number of nitrogens with one attached hydrogen (secondary N) is 1. The summed E-state index contributed by atoms with van der Waals surface area (Å²) in [6.45, 7) is 0. The molecule has 0 saturated heterocycles. The van der Waals surface area contributed by atoms with Crippen LogP contribution in [-0.4, -0.2) is 15.2 Å². The third-order valence-corrected chi connectivity index (χ3v) is 2.84. The highest BCUT2D eigenvalue weighted by Gasteiger charge is 2.03. The quantitative estimate of drug-likeness (QED) is 0.755. The summed E-state index contributed by atoms with van der Waals surface area (Å²) in [5.74, 6) is 0. The number of hydrogen-bond donors (Lipinski definition) is 1. The third-order valence-electron chi connectivity index (χ3n) is 2.84. The summed E-state index contributed by atoms with van der Waals surface area (Å²) in [6, 6.07) is 11.5. The van der Waals surface area contributed by atoms with Gasteiger partial charge in [0.25, 0.3) is 0 Å². The fourth-order valence-corrected chi connectivity index (χ4v) is 1.89. The fourth-order valence-electron chi connectivity index (χ4n) is 1.89. The van der Waals surface area contributed by atoms with E-state index >= 15 is 0 Å². The standard InChI is InChI=1S/C15H10N4/c16-9-12-3-5-13-14(18-19-15(13)8-12)6-4-11-2-1-7-17-10-11/h1-8,10H,(H,18,19)/b6-4+. The van der Waals surface area contributed by atoms with Crippen LogP contribution in [0.5, 0.6) is 0 Å². The lowest BCUT2D eigenvalue weighted by molar-refractivity contribution is 1.11. The molecule has 0 atom stereocenters. The van der Waals surface area contributed by atoms with E-state index in [1.807, 2.05) is 30.4 Å². The van der Waals surface area contributed by atoms with Gasteiger partial charge >= 0.3 is 0 Å². The van der Waals surface area contributed by atoms with Gasteiger partial charge in [0.1, 0.15) is 0 Å². The number of H-pyrrole nitrogens is 1. The van der Waals surface area contributed by atoms with E-state index in [0.29, 0.717) is 5.56 Å². The minimum atomic E-state index is 0.624. The highest BCUT2D eigenvalue weighted by molar-refractivity contribution is 5.89. The van der Waals surface area contributed by atoms with E-state index in [4.69, 9.17) is 5.26 Å². The molecule has 3 aromatic rings. The Hall–Kier alpha value is -2.93. The van der Waals surface area contributed by atoms with Gasteiger partial charge in [-0.3, -0.25) is 10.1 Å². The van der Waals surface area contributed by atoms with Gasteiger partial charge in [0, 0.05) is 17.8 Å². The number of nitriles is 1. The van der Waals surface area contributed by atoms with E-state index in [9.17, 15) is 0 Å². The van der Waals surface area contributed by atoms with Crippen molar-refractivity contribution in [2.75, 3.05) is 0 Å². The average Bonchev–Trinajstić information content (AvgIpc) is 2.88. The minimum absolute atomic E-state index is 0.624. The molecule has 19 heavy (non-hydrogen) atoms. The van der Waals surface area contributed by atoms with Crippen molar-refractivity contribution in [1.29, 1.82) is 5.26 Å². The predicted molar refractivity (Wildman–Crippen MR) is 74.0 cm³/mol. The zero-order valence-corrected chi connectivity index (χ0v) is 10.0. The molecule has 90 valence electrons. The molecule has 2 heterocycles. The number of aromatic amines is 1. The second kappa shape index (κ2) is 4.75. The lowest BCUT2D eigenvalue weighted by atomic mass is 10.1. The van der Waals surface area contributed by atoms with Gasteiger partial charge in [0.15, 0.2) is 0 Å². The highest BCUT2D eigenvalue weighted by Crippen LogP contribution is 2.19. The van der Waals surface area contributed by atoms with Crippen LogP contribution < -0.4 is 0 Å². The smallest absolute Gasteiger partial charge is 0.0992 e. The summed E-state index contributed by atoms with van der Waals surface area (Å²) in [5.41, 5.74) is 3.36. The molecule has 0 fully saturated rings. The molecule has 4 heteroatoms. The number of fused-ring (bicyclic) bond motifs is 1. The van der Waals surface area contributed by atoms with E-state index in [1.54, 1.807) is 24.5 Å². The Balaban J connectivity index is 1.98. The average molecular weight is 246 g/mol. The van der Waals surface area contributed by atoms with Crippen molar-refractivity contribution >= 4 is 23.1 Å². The highest BCUT2D eigenvalue weighted by atomic mass is 15.1. The maximum atomic E-state index is 8.85. The molecule has 4 nitrogen and oxygen atoms in total. The molecule has 0 amide bonds. The lowest BCUT2D eigenvalue weighted by Gasteiger charge is -1.92. The summed E-state index contributed by atoms with van der Waals surface area (Å²) in [5, 5.41) is 17.0. The van der Waals surface area contributed by atoms with E-state index in [2.05, 4.69) is 21.3 Å². The van der Waals surface area contributed by atoms with Gasteiger partial charge in [0.2, 0.25) is 0 Å². The zero-order chi connectivity index (χ0) is 13.1. The van der Waals surface area contributed by atoms with Gasteiger partial charge in [-0.25, -0.2) is 0 Å². The number of pyridine rings is 1. The maximum absolute atomic E-state index is 8.85. The lowest BCUT2D eigenvalue weighted by Crippen LogP contribution is -1.76. The maximum Gasteiger partial charge on any atom is 0.0992 e. The Kier molecular flexibility index (Phi) is 2.79. The topological polar surface area (TPSA) is 65.4 Å². The predicted octanol–water partition coefficient (Wildman–Crippen LogP) is 3.00. The summed E-state index contributed by atoms with van der Waals surface area (Å²) in [6.07, 6.45) is 7.42. The van der Waals surface area contributed by atoms with Crippen LogP contribution in [0.1, 0.15) is 16.8 Å². The first-order valence-electron chi connectivity index (χ1n) is 5.83. The second-order valence-electron chi connectivity index (χ2n) is 4.10. The molecule has 0 spiro atoms. The molecule has 0 saturated carbocycles. The van der Waals surface area contributed by atoms with E-state index in [-0.39, 0.29) is 0 Å². The molecule has 2 aromatic heterocycles. The van der Waals surface area contributed by atoms with E-state index < -0.39 is 0 Å². The van der Waals surface area contributed by atoms with Gasteiger partial charge < -0.3 is 0 Å². The van der Waals surface area contributed by atoms with Gasteiger partial charge in [-0.2, -0.15) is 10.4 Å². The van der Waals surface area contributed by atoms with Crippen LogP contribution in [0.25, 0.3) is 23.1 Å². The Morgan fingerprint density at radius 3 is 2.95 bits per heavy atom. The number of hydrogen-bond acceptors (Lipinski definition) is 3. The summed E-state index contributed by atoms with van der Waals surface area (Å²) < 4.78 is 0. The van der Waals surface area contributed by atoms with Crippen molar-refractivity contribution in [3.63, 3.8) is 0 Å². The normalized spacial score (nSPS) is 10.9. The van der Waals surface area contributed by atoms with Gasteiger partial charge in [-0.05, 0) is 35.9 Å². The van der Waals surface area contributed by atoms with Gasteiger partial charge in [-0.15, -0.1) is 0 Å². The Morgan fingerprint density at radius 1 is 1.21 bits per heavy atom. The van der Waals surface area contributed by atoms with Crippen molar-refractivity contribution in [2.45, 2.75) is 0 Å². The van der Waals surface area contributed by atoms with Gasteiger partial charge in [-0.1, -0.05) is 12.1 Å². The molecule has 1 N–H and O–H groups in total. The van der Waals surface area contributed by atoms with Crippen LogP contribution in [-0.2, 0) is 0 Å². The Labute approximate surface area is 110 Å². The first-order valence-corrected chi connectivity index (χ1v) is 5.83. The molecule has 0 bridgehead atoms. The van der Waals surface area contributed by atoms with Crippen LogP contribution >= 0.6 is 0 Å². The third kappa shape index (κ3) is 2.22. The fraction of sp³-hybridized carbons (Fsp3) is 0. The van der Waals surface area contributed by atoms with Gasteiger partial charge in [0.05, 0.1) is 22.8 Å². The first kappa shape index (κ1) is 11.2. The summed E-state index contributed by atoms with van der Waals surface area (Å²) in [7, 11) is 0. The van der Waals surface area contributed by atoms with Crippen molar-refractivity contribution in [3.8, 4) is 6.07 Å². The SMILES string of the molecule is N#Cc1ccc2c(/C=C/c3cccnc3)n[nH]c2c1. The monoisotopic (exact) mass is 246 g/mol. The van der Waals surface area contributed by atoms with E-state index in [1.165, 1.54) is 0 Å². The molecule has 0 aliphatic heterocycles. The van der Waals surface area contributed by atoms with Crippen molar-refractivity contribution in [2.24, 2.45) is 0 Å². The minimum Gasteiger partial charge on any atom is -0.277 e. The molecular weight excluding hydrogens is 236 g/mol. The summed E-state index contributed by atoms with van der Waals surface area (Å²) >= 11 is 0. The molecule has 0 radical (unpaired) electrons. The first-order chi connectivity index (χ1) is 9.36. The van der Waals surface area contributed by atoms with Crippen LogP contribution in [0.3, 0.4) is 0 Å². The van der Waals surface area contributed by atoms with Crippen LogP contribution in [0, 0.1) is 11.3 Å². The van der Waals surface area contributed by atoms with Crippen LogP contribution in [0.2, 0.25) is 0 Å². The molecule has 0 aliphatic carbocycles. The molecule has 0 unspecified atom stereocenters. The Morgan fingerprint density at radius 2 is 2.16 bits per heavy atom. The van der Waals surface area contributed by atoms with Crippen LogP contribution in [0.15, 0.2) is 42.7 Å². The van der Waals surface area contributed by atoms with Crippen molar-refractivity contribution in [1.82, 2.24) is 15.2 Å².